The average molecular weight is 309 g/mol. The first-order chi connectivity index (χ1) is 10.1. The van der Waals surface area contributed by atoms with Crippen molar-refractivity contribution < 1.29 is 9.90 Å². The molecule has 0 unspecified atom stereocenters. The van der Waals surface area contributed by atoms with Crippen LogP contribution in [0.3, 0.4) is 0 Å². The number of aromatic carboxylic acids is 1. The van der Waals surface area contributed by atoms with Crippen LogP contribution < -0.4 is 5.32 Å². The molecule has 1 fully saturated rings. The van der Waals surface area contributed by atoms with E-state index in [1.165, 1.54) is 11.5 Å². The molecule has 0 spiro atoms. The second-order valence-corrected chi connectivity index (χ2v) is 6.73. The molecule has 1 aromatic heterocycles. The highest BCUT2D eigenvalue weighted by molar-refractivity contribution is 7.99. The predicted molar refractivity (Wildman–Crippen MR) is 87.5 cm³/mol. The summed E-state index contributed by atoms with van der Waals surface area (Å²) in [6.45, 7) is 8.06. The number of nitrogens with zero attached hydrogens (tertiary/aromatic N) is 2. The molecule has 21 heavy (non-hydrogen) atoms. The molecule has 1 saturated heterocycles. The van der Waals surface area contributed by atoms with Crippen LogP contribution in [0.5, 0.6) is 0 Å². The van der Waals surface area contributed by atoms with Gasteiger partial charge in [-0.15, -0.1) is 0 Å². The Morgan fingerprint density at radius 2 is 2.14 bits per heavy atom. The minimum Gasteiger partial charge on any atom is -0.478 e. The molecule has 116 valence electrons. The number of rotatable bonds is 6. The molecule has 2 rings (SSSR count). The highest BCUT2D eigenvalue weighted by Gasteiger charge is 2.12. The third-order valence-corrected chi connectivity index (χ3v) is 4.46. The number of carboxylic acids is 1. The van der Waals surface area contributed by atoms with Gasteiger partial charge in [0.05, 0.1) is 5.56 Å². The number of hydrogen-bond donors (Lipinski definition) is 2. The summed E-state index contributed by atoms with van der Waals surface area (Å²) in [5.41, 5.74) is 1.11. The van der Waals surface area contributed by atoms with E-state index < -0.39 is 5.97 Å². The van der Waals surface area contributed by atoms with Crippen molar-refractivity contribution in [2.75, 3.05) is 43.0 Å². The Hall–Kier alpha value is -1.27. The largest absolute Gasteiger partial charge is 0.478 e. The highest BCUT2D eigenvalue weighted by atomic mass is 32.2. The topological polar surface area (TPSA) is 65.5 Å². The summed E-state index contributed by atoms with van der Waals surface area (Å²) in [6, 6.07) is 3.26. The third-order valence-electron chi connectivity index (χ3n) is 3.52. The molecular formula is C15H23N3O2S. The van der Waals surface area contributed by atoms with Crippen LogP contribution in [0.1, 0.15) is 35.8 Å². The van der Waals surface area contributed by atoms with Crippen molar-refractivity contribution in [1.29, 1.82) is 0 Å². The van der Waals surface area contributed by atoms with E-state index in [0.29, 0.717) is 11.4 Å². The summed E-state index contributed by atoms with van der Waals surface area (Å²) in [7, 11) is 0. The van der Waals surface area contributed by atoms with Crippen molar-refractivity contribution in [2.45, 2.75) is 19.8 Å². The molecule has 1 aliphatic rings. The van der Waals surface area contributed by atoms with Gasteiger partial charge in [-0.05, 0) is 18.1 Å². The lowest BCUT2D eigenvalue weighted by atomic mass is 10.1. The van der Waals surface area contributed by atoms with Gasteiger partial charge < -0.3 is 10.4 Å². The summed E-state index contributed by atoms with van der Waals surface area (Å²) in [6.07, 6.45) is 0. The zero-order valence-electron chi connectivity index (χ0n) is 12.6. The number of thioether (sulfide) groups is 1. The van der Waals surface area contributed by atoms with Gasteiger partial charge in [0.1, 0.15) is 5.82 Å². The van der Waals surface area contributed by atoms with Gasteiger partial charge in [-0.25, -0.2) is 9.78 Å². The van der Waals surface area contributed by atoms with Crippen LogP contribution in [0.2, 0.25) is 0 Å². The van der Waals surface area contributed by atoms with Gasteiger partial charge in [0, 0.05) is 43.4 Å². The van der Waals surface area contributed by atoms with Crippen molar-refractivity contribution in [3.63, 3.8) is 0 Å². The first-order valence-corrected chi connectivity index (χ1v) is 8.51. The summed E-state index contributed by atoms with van der Waals surface area (Å²) < 4.78 is 0. The highest BCUT2D eigenvalue weighted by Crippen LogP contribution is 2.17. The molecule has 6 heteroatoms. The lowest BCUT2D eigenvalue weighted by Gasteiger charge is -2.26. The van der Waals surface area contributed by atoms with E-state index in [1.54, 1.807) is 12.1 Å². The van der Waals surface area contributed by atoms with Gasteiger partial charge in [-0.3, -0.25) is 4.90 Å². The first-order valence-electron chi connectivity index (χ1n) is 7.35. The standard InChI is InChI=1S/C15H23N3O2S/c1-11(2)13-9-12(15(19)20)10-14(17-13)16-3-4-18-5-7-21-8-6-18/h9-11H,3-8H2,1-2H3,(H,16,17)(H,19,20). The molecule has 0 amide bonds. The van der Waals surface area contributed by atoms with Crippen LogP contribution in [-0.4, -0.2) is 58.6 Å². The number of carbonyl (C=O) groups is 1. The molecule has 0 aliphatic carbocycles. The minimum atomic E-state index is -0.907. The van der Waals surface area contributed by atoms with E-state index >= 15 is 0 Å². The van der Waals surface area contributed by atoms with E-state index in [4.69, 9.17) is 0 Å². The van der Waals surface area contributed by atoms with E-state index in [2.05, 4.69) is 15.2 Å². The molecule has 0 saturated carbocycles. The molecule has 5 nitrogen and oxygen atoms in total. The molecule has 2 N–H and O–H groups in total. The normalized spacial score (nSPS) is 16.1. The van der Waals surface area contributed by atoms with Crippen molar-refractivity contribution in [1.82, 2.24) is 9.88 Å². The Bertz CT molecular complexity index is 488. The van der Waals surface area contributed by atoms with Gasteiger partial charge in [0.2, 0.25) is 0 Å². The van der Waals surface area contributed by atoms with Crippen LogP contribution in [-0.2, 0) is 0 Å². The van der Waals surface area contributed by atoms with Gasteiger partial charge in [0.15, 0.2) is 0 Å². The van der Waals surface area contributed by atoms with Crippen molar-refractivity contribution >= 4 is 23.5 Å². The Morgan fingerprint density at radius 3 is 2.76 bits per heavy atom. The maximum absolute atomic E-state index is 11.2. The van der Waals surface area contributed by atoms with Crippen LogP contribution >= 0.6 is 11.8 Å². The van der Waals surface area contributed by atoms with E-state index in [1.807, 2.05) is 25.6 Å². The maximum atomic E-state index is 11.2. The Morgan fingerprint density at radius 1 is 1.43 bits per heavy atom. The molecule has 0 bridgehead atoms. The number of aromatic nitrogens is 1. The fourth-order valence-electron chi connectivity index (χ4n) is 2.23. The summed E-state index contributed by atoms with van der Waals surface area (Å²) in [4.78, 5) is 18.1. The lowest BCUT2D eigenvalue weighted by molar-refractivity contribution is 0.0696. The van der Waals surface area contributed by atoms with Crippen molar-refractivity contribution in [3.05, 3.63) is 23.4 Å². The van der Waals surface area contributed by atoms with Crippen LogP contribution in [0, 0.1) is 0 Å². The smallest absolute Gasteiger partial charge is 0.335 e. The molecule has 1 aromatic rings. The number of pyridine rings is 1. The maximum Gasteiger partial charge on any atom is 0.335 e. The van der Waals surface area contributed by atoms with Crippen LogP contribution in [0.15, 0.2) is 12.1 Å². The zero-order valence-corrected chi connectivity index (χ0v) is 13.4. The number of hydrogen-bond acceptors (Lipinski definition) is 5. The van der Waals surface area contributed by atoms with E-state index in [9.17, 15) is 9.90 Å². The molecule has 0 atom stereocenters. The van der Waals surface area contributed by atoms with Crippen molar-refractivity contribution in [2.24, 2.45) is 0 Å². The number of nitrogens with one attached hydrogen (secondary N) is 1. The fraction of sp³-hybridized carbons (Fsp3) is 0.600. The zero-order chi connectivity index (χ0) is 15.2. The Labute approximate surface area is 130 Å². The van der Waals surface area contributed by atoms with Gasteiger partial charge >= 0.3 is 5.97 Å². The molecule has 0 aromatic carbocycles. The van der Waals surface area contributed by atoms with E-state index in [0.717, 1.165) is 31.9 Å². The minimum absolute atomic E-state index is 0.212. The molecule has 2 heterocycles. The monoisotopic (exact) mass is 309 g/mol. The number of anilines is 1. The lowest BCUT2D eigenvalue weighted by Crippen LogP contribution is -2.36. The molecule has 1 aliphatic heterocycles. The molecule has 0 radical (unpaired) electrons. The predicted octanol–water partition coefficient (Wildman–Crippen LogP) is 2.36. The van der Waals surface area contributed by atoms with Gasteiger partial charge in [0.25, 0.3) is 0 Å². The fourth-order valence-corrected chi connectivity index (χ4v) is 3.21. The average Bonchev–Trinajstić information content (AvgIpc) is 2.48. The van der Waals surface area contributed by atoms with Crippen molar-refractivity contribution in [3.8, 4) is 0 Å². The number of carboxylic acid groups (broad SMARTS) is 1. The Balaban J connectivity index is 1.96. The second-order valence-electron chi connectivity index (χ2n) is 5.51. The van der Waals surface area contributed by atoms with Crippen LogP contribution in [0.25, 0.3) is 0 Å². The quantitative estimate of drug-likeness (QED) is 0.841. The summed E-state index contributed by atoms with van der Waals surface area (Å²) >= 11 is 2.00. The molecular weight excluding hydrogens is 286 g/mol. The third kappa shape index (κ3) is 4.89. The van der Waals surface area contributed by atoms with E-state index in [-0.39, 0.29) is 5.92 Å². The first kappa shape index (κ1) is 16.1. The summed E-state index contributed by atoms with van der Waals surface area (Å²) in [5, 5.41) is 12.4. The Kier molecular flexibility index (Phi) is 5.87. The summed E-state index contributed by atoms with van der Waals surface area (Å²) in [5.74, 6) is 2.36. The van der Waals surface area contributed by atoms with Gasteiger partial charge in [-0.2, -0.15) is 11.8 Å². The SMILES string of the molecule is CC(C)c1cc(C(=O)O)cc(NCCN2CCSCC2)n1. The van der Waals surface area contributed by atoms with Crippen LogP contribution in [0.4, 0.5) is 5.82 Å². The van der Waals surface area contributed by atoms with Gasteiger partial charge in [-0.1, -0.05) is 13.8 Å². The second kappa shape index (κ2) is 7.66.